The smallest absolute Gasteiger partial charge is 0.0649 e. The largest absolute Gasteiger partial charge is 0.330 e. The highest BCUT2D eigenvalue weighted by Gasteiger charge is 2.27. The van der Waals surface area contributed by atoms with E-state index in [1.807, 2.05) is 6.20 Å². The molecule has 3 nitrogen and oxygen atoms in total. The van der Waals surface area contributed by atoms with Crippen LogP contribution in [-0.4, -0.2) is 16.3 Å². The molecule has 2 aromatic rings. The summed E-state index contributed by atoms with van der Waals surface area (Å²) in [5, 5.41) is 4.45. The van der Waals surface area contributed by atoms with E-state index in [0.29, 0.717) is 0 Å². The summed E-state index contributed by atoms with van der Waals surface area (Å²) in [6.07, 6.45) is 7.91. The van der Waals surface area contributed by atoms with Crippen LogP contribution in [0.2, 0.25) is 0 Å². The van der Waals surface area contributed by atoms with Crippen molar-refractivity contribution in [2.45, 2.75) is 38.0 Å². The van der Waals surface area contributed by atoms with Crippen molar-refractivity contribution in [2.75, 3.05) is 6.54 Å². The van der Waals surface area contributed by atoms with Gasteiger partial charge in [-0.1, -0.05) is 12.1 Å². The maximum atomic E-state index is 5.52. The van der Waals surface area contributed by atoms with Crippen LogP contribution < -0.4 is 5.73 Å². The van der Waals surface area contributed by atoms with E-state index < -0.39 is 0 Å². The number of aryl methyl sites for hydroxylation is 1. The fraction of sp³-hybridized carbons (Fsp3) is 0.438. The predicted octanol–water partition coefficient (Wildman–Crippen LogP) is 3.03. The van der Waals surface area contributed by atoms with Crippen molar-refractivity contribution in [2.24, 2.45) is 5.73 Å². The molecule has 0 radical (unpaired) electrons. The molecule has 3 rings (SSSR count). The molecule has 0 spiro atoms. The summed E-state index contributed by atoms with van der Waals surface area (Å²) in [5.74, 6) is 0.728. The van der Waals surface area contributed by atoms with Gasteiger partial charge in [-0.3, -0.25) is 0 Å². The zero-order valence-corrected chi connectivity index (χ0v) is 11.3. The first-order valence-corrected chi connectivity index (χ1v) is 7.22. The number of benzene rings is 1. The first kappa shape index (κ1) is 12.4. The Bertz CT molecular complexity index is 523. The van der Waals surface area contributed by atoms with Gasteiger partial charge >= 0.3 is 0 Å². The molecule has 0 unspecified atom stereocenters. The molecule has 1 heterocycles. The first-order valence-electron chi connectivity index (χ1n) is 7.22. The molecule has 0 saturated heterocycles. The van der Waals surface area contributed by atoms with Crippen LogP contribution >= 0.6 is 0 Å². The van der Waals surface area contributed by atoms with E-state index in [-0.39, 0.29) is 0 Å². The van der Waals surface area contributed by atoms with Crippen LogP contribution in [0.5, 0.6) is 0 Å². The predicted molar refractivity (Wildman–Crippen MR) is 77.5 cm³/mol. The molecule has 0 aliphatic heterocycles. The SMILES string of the molecule is NCCCCc1ccc(-n2nccc2C2CC2)cc1. The number of nitrogens with zero attached hydrogens (tertiary/aromatic N) is 2. The van der Waals surface area contributed by atoms with E-state index in [9.17, 15) is 0 Å². The summed E-state index contributed by atoms with van der Waals surface area (Å²) in [6.45, 7) is 0.788. The van der Waals surface area contributed by atoms with Gasteiger partial charge in [-0.2, -0.15) is 5.10 Å². The normalized spacial score (nSPS) is 14.8. The van der Waals surface area contributed by atoms with Gasteiger partial charge in [0.05, 0.1) is 5.69 Å². The molecule has 1 aliphatic rings. The van der Waals surface area contributed by atoms with Gasteiger partial charge in [-0.05, 0) is 62.4 Å². The molecule has 1 fully saturated rings. The molecule has 1 saturated carbocycles. The van der Waals surface area contributed by atoms with Gasteiger partial charge in [0.2, 0.25) is 0 Å². The lowest BCUT2D eigenvalue weighted by molar-refractivity contribution is 0.744. The van der Waals surface area contributed by atoms with Gasteiger partial charge in [0.15, 0.2) is 0 Å². The van der Waals surface area contributed by atoms with Crippen LogP contribution in [0.15, 0.2) is 36.5 Å². The van der Waals surface area contributed by atoms with E-state index in [1.165, 1.54) is 36.2 Å². The minimum Gasteiger partial charge on any atom is -0.330 e. The van der Waals surface area contributed by atoms with Gasteiger partial charge in [0.1, 0.15) is 0 Å². The van der Waals surface area contributed by atoms with Crippen molar-refractivity contribution in [3.63, 3.8) is 0 Å². The number of hydrogen-bond donors (Lipinski definition) is 1. The lowest BCUT2D eigenvalue weighted by Crippen LogP contribution is -2.01. The Labute approximate surface area is 114 Å². The van der Waals surface area contributed by atoms with Crippen LogP contribution in [0, 0.1) is 0 Å². The zero-order valence-electron chi connectivity index (χ0n) is 11.3. The van der Waals surface area contributed by atoms with Crippen molar-refractivity contribution >= 4 is 0 Å². The van der Waals surface area contributed by atoms with E-state index in [4.69, 9.17) is 5.73 Å². The lowest BCUT2D eigenvalue weighted by Gasteiger charge is -2.08. The molecule has 0 atom stereocenters. The van der Waals surface area contributed by atoms with Crippen LogP contribution in [0.4, 0.5) is 0 Å². The summed E-state index contributed by atoms with van der Waals surface area (Å²) >= 11 is 0. The van der Waals surface area contributed by atoms with Crippen molar-refractivity contribution in [1.82, 2.24) is 9.78 Å². The second-order valence-electron chi connectivity index (χ2n) is 5.35. The van der Waals surface area contributed by atoms with Gasteiger partial charge in [-0.15, -0.1) is 0 Å². The van der Waals surface area contributed by atoms with Crippen molar-refractivity contribution in [1.29, 1.82) is 0 Å². The van der Waals surface area contributed by atoms with Gasteiger partial charge < -0.3 is 5.73 Å². The molecule has 1 aromatic carbocycles. The molecule has 0 amide bonds. The number of unbranched alkanes of at least 4 members (excludes halogenated alkanes) is 1. The quantitative estimate of drug-likeness (QED) is 0.806. The molecule has 1 aliphatic carbocycles. The highest BCUT2D eigenvalue weighted by atomic mass is 15.3. The first-order chi connectivity index (χ1) is 9.38. The highest BCUT2D eigenvalue weighted by Crippen LogP contribution is 2.40. The summed E-state index contributed by atoms with van der Waals surface area (Å²) in [4.78, 5) is 0. The Morgan fingerprint density at radius 2 is 1.89 bits per heavy atom. The third-order valence-electron chi connectivity index (χ3n) is 3.77. The van der Waals surface area contributed by atoms with Gasteiger partial charge in [-0.25, -0.2) is 4.68 Å². The summed E-state index contributed by atoms with van der Waals surface area (Å²) in [6, 6.07) is 10.9. The Morgan fingerprint density at radius 1 is 1.11 bits per heavy atom. The molecule has 2 N–H and O–H groups in total. The molecule has 100 valence electrons. The number of nitrogens with two attached hydrogens (primary N) is 1. The fourth-order valence-electron chi connectivity index (χ4n) is 2.49. The molecule has 19 heavy (non-hydrogen) atoms. The maximum Gasteiger partial charge on any atom is 0.0649 e. The third-order valence-corrected chi connectivity index (χ3v) is 3.77. The van der Waals surface area contributed by atoms with Gasteiger partial charge in [0, 0.05) is 17.8 Å². The number of aromatic nitrogens is 2. The van der Waals surface area contributed by atoms with E-state index >= 15 is 0 Å². The van der Waals surface area contributed by atoms with Crippen LogP contribution in [-0.2, 0) is 6.42 Å². The van der Waals surface area contributed by atoms with E-state index in [0.717, 1.165) is 25.3 Å². The summed E-state index contributed by atoms with van der Waals surface area (Å²) in [7, 11) is 0. The van der Waals surface area contributed by atoms with Crippen LogP contribution in [0.3, 0.4) is 0 Å². The van der Waals surface area contributed by atoms with Crippen molar-refractivity contribution < 1.29 is 0 Å². The van der Waals surface area contributed by atoms with Gasteiger partial charge in [0.25, 0.3) is 0 Å². The van der Waals surface area contributed by atoms with E-state index in [1.54, 1.807) is 0 Å². The Balaban J connectivity index is 1.72. The zero-order chi connectivity index (χ0) is 13.1. The van der Waals surface area contributed by atoms with Crippen molar-refractivity contribution in [3.05, 3.63) is 47.8 Å². The second-order valence-corrected chi connectivity index (χ2v) is 5.35. The standard InChI is InChI=1S/C16H21N3/c17-11-2-1-3-13-4-8-15(9-5-13)19-16(10-12-18-19)14-6-7-14/h4-5,8-10,12,14H,1-3,6-7,11,17H2. The molecule has 3 heteroatoms. The highest BCUT2D eigenvalue weighted by molar-refractivity contribution is 5.36. The third kappa shape index (κ3) is 2.87. The molecule has 1 aromatic heterocycles. The second kappa shape index (κ2) is 5.57. The fourth-order valence-corrected chi connectivity index (χ4v) is 2.49. The Kier molecular flexibility index (Phi) is 3.65. The van der Waals surface area contributed by atoms with Crippen LogP contribution in [0.25, 0.3) is 5.69 Å². The Hall–Kier alpha value is -1.61. The average Bonchev–Trinajstić information content (AvgIpc) is 3.18. The van der Waals surface area contributed by atoms with Crippen molar-refractivity contribution in [3.8, 4) is 5.69 Å². The summed E-state index contributed by atoms with van der Waals surface area (Å²) in [5.41, 5.74) is 9.44. The topological polar surface area (TPSA) is 43.8 Å². The number of rotatable bonds is 6. The van der Waals surface area contributed by atoms with Crippen LogP contribution in [0.1, 0.15) is 42.9 Å². The molecule has 0 bridgehead atoms. The monoisotopic (exact) mass is 255 g/mol. The maximum absolute atomic E-state index is 5.52. The average molecular weight is 255 g/mol. The molecular formula is C16H21N3. The Morgan fingerprint density at radius 3 is 2.58 bits per heavy atom. The minimum atomic E-state index is 0.728. The number of hydrogen-bond acceptors (Lipinski definition) is 2. The van der Waals surface area contributed by atoms with E-state index in [2.05, 4.69) is 40.1 Å². The minimum absolute atomic E-state index is 0.728. The lowest BCUT2D eigenvalue weighted by atomic mass is 10.1. The summed E-state index contributed by atoms with van der Waals surface area (Å²) < 4.78 is 2.08. The molecular weight excluding hydrogens is 234 g/mol.